The van der Waals surface area contributed by atoms with E-state index in [1.54, 1.807) is 0 Å². The van der Waals surface area contributed by atoms with Crippen molar-refractivity contribution in [2.24, 2.45) is 5.92 Å². The number of hydrogen-bond acceptors (Lipinski definition) is 2. The maximum absolute atomic E-state index is 5.57. The molecule has 0 amide bonds. The molecule has 0 spiro atoms. The Balaban J connectivity index is 2.25. The highest BCUT2D eigenvalue weighted by Crippen LogP contribution is 2.26. The number of benzene rings is 1. The molecule has 1 unspecified atom stereocenters. The Bertz CT molecular complexity index is 382. The minimum absolute atomic E-state index is 0.340. The molecule has 2 nitrogen and oxygen atoms in total. The summed E-state index contributed by atoms with van der Waals surface area (Å²) in [5.41, 5.74) is 1.28. The molecule has 0 heterocycles. The third-order valence-electron chi connectivity index (χ3n) is 2.80. The molecule has 0 bridgehead atoms. The first-order valence-electron chi connectivity index (χ1n) is 6.76. The van der Waals surface area contributed by atoms with Crippen molar-refractivity contribution in [3.63, 3.8) is 0 Å². The van der Waals surface area contributed by atoms with Crippen LogP contribution in [0, 0.1) is 5.92 Å². The number of ether oxygens (including phenoxy) is 1. The van der Waals surface area contributed by atoms with Crippen molar-refractivity contribution >= 4 is 31.9 Å². The van der Waals surface area contributed by atoms with Crippen LogP contribution in [-0.2, 0) is 4.74 Å². The molecule has 1 aromatic rings. The van der Waals surface area contributed by atoms with Gasteiger partial charge in [0.2, 0.25) is 0 Å². The van der Waals surface area contributed by atoms with E-state index in [2.05, 4.69) is 76.1 Å². The van der Waals surface area contributed by atoms with Gasteiger partial charge in [-0.3, -0.25) is 0 Å². The van der Waals surface area contributed by atoms with E-state index in [1.165, 1.54) is 5.56 Å². The SMILES string of the molecule is CC(C)COCCCNC(C)c1ccc(Br)cc1Br. The smallest absolute Gasteiger partial charge is 0.0489 e. The van der Waals surface area contributed by atoms with Gasteiger partial charge in [-0.1, -0.05) is 51.8 Å². The first-order chi connectivity index (χ1) is 9.00. The summed E-state index contributed by atoms with van der Waals surface area (Å²) in [6.45, 7) is 9.19. The summed E-state index contributed by atoms with van der Waals surface area (Å²) in [4.78, 5) is 0. The summed E-state index contributed by atoms with van der Waals surface area (Å²) < 4.78 is 7.80. The molecule has 4 heteroatoms. The second-order valence-electron chi connectivity index (χ2n) is 5.16. The van der Waals surface area contributed by atoms with Crippen molar-refractivity contribution in [3.8, 4) is 0 Å². The zero-order valence-electron chi connectivity index (χ0n) is 11.9. The van der Waals surface area contributed by atoms with E-state index in [-0.39, 0.29) is 0 Å². The van der Waals surface area contributed by atoms with Crippen molar-refractivity contribution in [2.75, 3.05) is 19.8 Å². The largest absolute Gasteiger partial charge is 0.381 e. The second kappa shape index (κ2) is 9.11. The maximum atomic E-state index is 5.57. The zero-order chi connectivity index (χ0) is 14.3. The van der Waals surface area contributed by atoms with Gasteiger partial charge in [0.05, 0.1) is 0 Å². The minimum Gasteiger partial charge on any atom is -0.381 e. The quantitative estimate of drug-likeness (QED) is 0.633. The van der Waals surface area contributed by atoms with E-state index in [0.29, 0.717) is 12.0 Å². The van der Waals surface area contributed by atoms with Gasteiger partial charge in [0.1, 0.15) is 0 Å². The summed E-state index contributed by atoms with van der Waals surface area (Å²) in [5, 5.41) is 3.52. The average molecular weight is 393 g/mol. The third kappa shape index (κ3) is 6.89. The highest BCUT2D eigenvalue weighted by atomic mass is 79.9. The van der Waals surface area contributed by atoms with Crippen LogP contribution in [0.5, 0.6) is 0 Å². The van der Waals surface area contributed by atoms with Gasteiger partial charge < -0.3 is 10.1 Å². The van der Waals surface area contributed by atoms with Crippen LogP contribution in [-0.4, -0.2) is 19.8 Å². The molecule has 1 aromatic carbocycles. The lowest BCUT2D eigenvalue weighted by Crippen LogP contribution is -2.21. The fourth-order valence-electron chi connectivity index (χ4n) is 1.77. The Hall–Kier alpha value is 0.1000. The average Bonchev–Trinajstić information content (AvgIpc) is 2.32. The highest BCUT2D eigenvalue weighted by Gasteiger charge is 2.08. The van der Waals surface area contributed by atoms with E-state index in [0.717, 1.165) is 35.1 Å². The fourth-order valence-corrected chi connectivity index (χ4v) is 3.16. The fraction of sp³-hybridized carbons (Fsp3) is 0.600. The van der Waals surface area contributed by atoms with Crippen molar-refractivity contribution in [1.82, 2.24) is 5.32 Å². The molecule has 0 radical (unpaired) electrons. The Morgan fingerprint density at radius 2 is 1.95 bits per heavy atom. The summed E-state index contributed by atoms with van der Waals surface area (Å²) in [6.07, 6.45) is 1.05. The lowest BCUT2D eigenvalue weighted by atomic mass is 10.1. The predicted octanol–water partition coefficient (Wildman–Crippen LogP) is 4.92. The predicted molar refractivity (Wildman–Crippen MR) is 88.5 cm³/mol. The lowest BCUT2D eigenvalue weighted by Gasteiger charge is -2.16. The molecule has 0 fully saturated rings. The van der Waals surface area contributed by atoms with E-state index in [9.17, 15) is 0 Å². The molecular weight excluding hydrogens is 370 g/mol. The molecule has 0 aromatic heterocycles. The van der Waals surface area contributed by atoms with Crippen LogP contribution in [0.25, 0.3) is 0 Å². The van der Waals surface area contributed by atoms with E-state index >= 15 is 0 Å². The van der Waals surface area contributed by atoms with Gasteiger partial charge >= 0.3 is 0 Å². The Kier molecular flexibility index (Phi) is 8.23. The summed E-state index contributed by atoms with van der Waals surface area (Å²) in [7, 11) is 0. The molecule has 1 rings (SSSR count). The summed E-state index contributed by atoms with van der Waals surface area (Å²) in [6, 6.07) is 6.64. The molecule has 0 saturated carbocycles. The number of halogens is 2. The molecule has 0 aliphatic heterocycles. The normalized spacial score (nSPS) is 12.9. The van der Waals surface area contributed by atoms with Crippen LogP contribution in [0.15, 0.2) is 27.1 Å². The zero-order valence-corrected chi connectivity index (χ0v) is 15.1. The first-order valence-corrected chi connectivity index (χ1v) is 8.35. The van der Waals surface area contributed by atoms with Crippen LogP contribution < -0.4 is 5.32 Å². The van der Waals surface area contributed by atoms with Gasteiger partial charge in [-0.15, -0.1) is 0 Å². The lowest BCUT2D eigenvalue weighted by molar-refractivity contribution is 0.107. The summed E-state index contributed by atoms with van der Waals surface area (Å²) in [5.74, 6) is 0.616. The van der Waals surface area contributed by atoms with Crippen molar-refractivity contribution in [2.45, 2.75) is 33.2 Å². The van der Waals surface area contributed by atoms with E-state index < -0.39 is 0 Å². The third-order valence-corrected chi connectivity index (χ3v) is 3.98. The van der Waals surface area contributed by atoms with Gasteiger partial charge in [-0.25, -0.2) is 0 Å². The number of rotatable bonds is 8. The van der Waals surface area contributed by atoms with E-state index in [4.69, 9.17) is 4.74 Å². The Labute approximate surface area is 133 Å². The molecule has 0 saturated heterocycles. The maximum Gasteiger partial charge on any atom is 0.0489 e. The molecular formula is C15H23Br2NO. The first kappa shape index (κ1) is 17.2. The topological polar surface area (TPSA) is 21.3 Å². The monoisotopic (exact) mass is 391 g/mol. The highest BCUT2D eigenvalue weighted by molar-refractivity contribution is 9.11. The Morgan fingerprint density at radius 1 is 1.21 bits per heavy atom. The summed E-state index contributed by atoms with van der Waals surface area (Å²) >= 11 is 7.07. The van der Waals surface area contributed by atoms with Crippen LogP contribution in [0.3, 0.4) is 0 Å². The van der Waals surface area contributed by atoms with Crippen molar-refractivity contribution < 1.29 is 4.74 Å². The standard InChI is InChI=1S/C15H23Br2NO/c1-11(2)10-19-8-4-7-18-12(3)14-6-5-13(16)9-15(14)17/h5-6,9,11-12,18H,4,7-8,10H2,1-3H3. The van der Waals surface area contributed by atoms with Gasteiger partial charge in [-0.05, 0) is 43.5 Å². The van der Waals surface area contributed by atoms with Gasteiger partial charge in [-0.2, -0.15) is 0 Å². The molecule has 0 aliphatic carbocycles. The van der Waals surface area contributed by atoms with Gasteiger partial charge in [0.25, 0.3) is 0 Å². The van der Waals surface area contributed by atoms with Crippen LogP contribution in [0.2, 0.25) is 0 Å². The van der Waals surface area contributed by atoms with E-state index in [1.807, 2.05) is 0 Å². The Morgan fingerprint density at radius 3 is 2.58 bits per heavy atom. The van der Waals surface area contributed by atoms with Crippen molar-refractivity contribution in [1.29, 1.82) is 0 Å². The molecule has 0 aliphatic rings. The molecule has 1 atom stereocenters. The molecule has 1 N–H and O–H groups in total. The van der Waals surface area contributed by atoms with Gasteiger partial charge in [0, 0.05) is 28.2 Å². The molecule has 19 heavy (non-hydrogen) atoms. The van der Waals surface area contributed by atoms with Crippen LogP contribution in [0.4, 0.5) is 0 Å². The number of nitrogens with one attached hydrogen (secondary N) is 1. The minimum atomic E-state index is 0.340. The number of hydrogen-bond donors (Lipinski definition) is 1. The van der Waals surface area contributed by atoms with Crippen molar-refractivity contribution in [3.05, 3.63) is 32.7 Å². The molecule has 108 valence electrons. The van der Waals surface area contributed by atoms with Gasteiger partial charge in [0.15, 0.2) is 0 Å². The van der Waals surface area contributed by atoms with Crippen LogP contribution in [0.1, 0.15) is 38.8 Å². The van der Waals surface area contributed by atoms with Crippen LogP contribution >= 0.6 is 31.9 Å². The second-order valence-corrected chi connectivity index (χ2v) is 6.93.